The summed E-state index contributed by atoms with van der Waals surface area (Å²) in [6.07, 6.45) is 2.74. The van der Waals surface area contributed by atoms with Crippen LogP contribution in [0.1, 0.15) is 37.3 Å². The molecule has 0 unspecified atom stereocenters. The molecule has 1 aromatic rings. The van der Waals surface area contributed by atoms with Crippen LogP contribution in [0.4, 0.5) is 0 Å². The van der Waals surface area contributed by atoms with Gasteiger partial charge in [0.15, 0.2) is 0 Å². The van der Waals surface area contributed by atoms with E-state index in [0.29, 0.717) is 23.0 Å². The number of benzene rings is 1. The Morgan fingerprint density at radius 3 is 2.57 bits per heavy atom. The van der Waals surface area contributed by atoms with Crippen LogP contribution < -0.4 is 5.32 Å². The zero-order chi connectivity index (χ0) is 15.6. The minimum Gasteiger partial charge on any atom is -0.316 e. The van der Waals surface area contributed by atoms with E-state index in [4.69, 9.17) is 11.6 Å². The molecular formula is C15H23ClN2O2S. The van der Waals surface area contributed by atoms with Crippen LogP contribution >= 0.6 is 11.6 Å². The van der Waals surface area contributed by atoms with Crippen LogP contribution in [0.15, 0.2) is 17.0 Å². The Balaban J connectivity index is 2.48. The molecule has 0 spiro atoms. The van der Waals surface area contributed by atoms with Gasteiger partial charge >= 0.3 is 0 Å². The third-order valence-electron chi connectivity index (χ3n) is 3.78. The summed E-state index contributed by atoms with van der Waals surface area (Å²) in [4.78, 5) is 0.348. The molecular weight excluding hydrogens is 308 g/mol. The number of rotatable bonds is 7. The Hall–Kier alpha value is -0.620. The molecule has 0 radical (unpaired) electrons. The smallest absolute Gasteiger partial charge is 0.243 e. The molecule has 0 atom stereocenters. The van der Waals surface area contributed by atoms with E-state index in [9.17, 15) is 8.42 Å². The molecule has 0 aromatic heterocycles. The first-order valence-corrected chi connectivity index (χ1v) is 9.19. The van der Waals surface area contributed by atoms with Gasteiger partial charge in [0.1, 0.15) is 0 Å². The fraction of sp³-hybridized carbons (Fsp3) is 0.600. The summed E-state index contributed by atoms with van der Waals surface area (Å²) in [5, 5.41) is 3.52. The summed E-state index contributed by atoms with van der Waals surface area (Å²) in [6.45, 7) is 5.03. The van der Waals surface area contributed by atoms with E-state index in [0.717, 1.165) is 30.4 Å². The maximum Gasteiger partial charge on any atom is 0.243 e. The van der Waals surface area contributed by atoms with Crippen LogP contribution in [0.2, 0.25) is 5.02 Å². The molecule has 21 heavy (non-hydrogen) atoms. The van der Waals surface area contributed by atoms with Crippen molar-refractivity contribution < 1.29 is 8.42 Å². The third-order valence-corrected chi connectivity index (χ3v) is 6.08. The lowest BCUT2D eigenvalue weighted by atomic mass is 10.1. The van der Waals surface area contributed by atoms with Crippen molar-refractivity contribution in [3.05, 3.63) is 28.3 Å². The van der Waals surface area contributed by atoms with Gasteiger partial charge in [0.05, 0.1) is 4.90 Å². The van der Waals surface area contributed by atoms with Crippen LogP contribution in [0.3, 0.4) is 0 Å². The van der Waals surface area contributed by atoms with Crippen LogP contribution in [0, 0.1) is 6.92 Å². The predicted molar refractivity (Wildman–Crippen MR) is 86.2 cm³/mol. The van der Waals surface area contributed by atoms with E-state index < -0.39 is 10.0 Å². The SMILES string of the molecule is CCCN(C1CC1)S(=O)(=O)c1cc(Cl)cc(CNC)c1C. The van der Waals surface area contributed by atoms with E-state index in [-0.39, 0.29) is 6.04 Å². The van der Waals surface area contributed by atoms with Crippen LogP contribution in [-0.4, -0.2) is 32.4 Å². The molecule has 1 aromatic carbocycles. The van der Waals surface area contributed by atoms with E-state index in [2.05, 4.69) is 5.32 Å². The van der Waals surface area contributed by atoms with Gasteiger partial charge in [-0.05, 0) is 56.5 Å². The van der Waals surface area contributed by atoms with Crippen LogP contribution in [0.5, 0.6) is 0 Å². The molecule has 4 nitrogen and oxygen atoms in total. The van der Waals surface area contributed by atoms with Crippen molar-refractivity contribution in [2.24, 2.45) is 0 Å². The van der Waals surface area contributed by atoms with Gasteiger partial charge in [-0.2, -0.15) is 4.31 Å². The zero-order valence-corrected chi connectivity index (χ0v) is 14.4. The van der Waals surface area contributed by atoms with Gasteiger partial charge in [-0.15, -0.1) is 0 Å². The Kier molecular flexibility index (Phi) is 5.30. The van der Waals surface area contributed by atoms with Crippen molar-refractivity contribution in [2.45, 2.75) is 50.6 Å². The summed E-state index contributed by atoms with van der Waals surface area (Å²) in [7, 11) is -1.64. The summed E-state index contributed by atoms with van der Waals surface area (Å²) in [6, 6.07) is 3.57. The second kappa shape index (κ2) is 6.65. The molecule has 1 aliphatic carbocycles. The Bertz CT molecular complexity index is 612. The Morgan fingerprint density at radius 1 is 1.38 bits per heavy atom. The lowest BCUT2D eigenvalue weighted by Gasteiger charge is -2.23. The van der Waals surface area contributed by atoms with Crippen molar-refractivity contribution in [3.8, 4) is 0 Å². The van der Waals surface area contributed by atoms with Gasteiger partial charge in [-0.1, -0.05) is 18.5 Å². The first-order chi connectivity index (χ1) is 9.91. The second-order valence-electron chi connectivity index (χ2n) is 5.57. The summed E-state index contributed by atoms with van der Waals surface area (Å²) >= 11 is 6.13. The summed E-state index contributed by atoms with van der Waals surface area (Å²) in [5.41, 5.74) is 1.71. The highest BCUT2D eigenvalue weighted by atomic mass is 35.5. The topological polar surface area (TPSA) is 49.4 Å². The highest BCUT2D eigenvalue weighted by Gasteiger charge is 2.38. The molecule has 0 saturated heterocycles. The molecule has 1 fully saturated rings. The quantitative estimate of drug-likeness (QED) is 0.836. The number of hydrogen-bond donors (Lipinski definition) is 1. The number of nitrogens with one attached hydrogen (secondary N) is 1. The first kappa shape index (κ1) is 16.7. The monoisotopic (exact) mass is 330 g/mol. The molecule has 118 valence electrons. The highest BCUT2D eigenvalue weighted by molar-refractivity contribution is 7.89. The predicted octanol–water partition coefficient (Wildman–Crippen LogP) is 2.93. The molecule has 0 bridgehead atoms. The van der Waals surface area contributed by atoms with Crippen LogP contribution in [0.25, 0.3) is 0 Å². The van der Waals surface area contributed by atoms with Gasteiger partial charge in [0.25, 0.3) is 0 Å². The maximum atomic E-state index is 13.0. The minimum atomic E-state index is -3.47. The maximum absolute atomic E-state index is 13.0. The summed E-state index contributed by atoms with van der Waals surface area (Å²) < 4.78 is 27.6. The van der Waals surface area contributed by atoms with Gasteiger partial charge < -0.3 is 5.32 Å². The summed E-state index contributed by atoms with van der Waals surface area (Å²) in [5.74, 6) is 0. The van der Waals surface area contributed by atoms with Crippen molar-refractivity contribution >= 4 is 21.6 Å². The molecule has 0 aliphatic heterocycles. The van der Waals surface area contributed by atoms with Gasteiger partial charge in [0, 0.05) is 24.2 Å². The van der Waals surface area contributed by atoms with Gasteiger partial charge in [-0.3, -0.25) is 0 Å². The zero-order valence-electron chi connectivity index (χ0n) is 12.8. The standard InChI is InChI=1S/C15H23ClN2O2S/c1-4-7-18(14-5-6-14)21(19,20)15-9-13(16)8-12(10-17-3)11(15)2/h8-9,14,17H,4-7,10H2,1-3H3. The first-order valence-electron chi connectivity index (χ1n) is 7.37. The van der Waals surface area contributed by atoms with E-state index >= 15 is 0 Å². The fourth-order valence-electron chi connectivity index (χ4n) is 2.56. The van der Waals surface area contributed by atoms with E-state index in [1.165, 1.54) is 0 Å². The molecule has 2 rings (SSSR count). The Labute approximate surface area is 132 Å². The highest BCUT2D eigenvalue weighted by Crippen LogP contribution is 2.34. The minimum absolute atomic E-state index is 0.168. The van der Waals surface area contributed by atoms with E-state index in [1.54, 1.807) is 10.4 Å². The van der Waals surface area contributed by atoms with E-state index in [1.807, 2.05) is 27.0 Å². The lowest BCUT2D eigenvalue weighted by Crippen LogP contribution is -2.34. The van der Waals surface area contributed by atoms with Gasteiger partial charge in [0.2, 0.25) is 10.0 Å². The third kappa shape index (κ3) is 3.59. The molecule has 6 heteroatoms. The lowest BCUT2D eigenvalue weighted by molar-refractivity contribution is 0.403. The van der Waals surface area contributed by atoms with Crippen molar-refractivity contribution in [1.29, 1.82) is 0 Å². The molecule has 1 N–H and O–H groups in total. The van der Waals surface area contributed by atoms with Crippen molar-refractivity contribution in [3.63, 3.8) is 0 Å². The normalized spacial score (nSPS) is 15.7. The Morgan fingerprint density at radius 2 is 2.05 bits per heavy atom. The second-order valence-corrected chi connectivity index (χ2v) is 7.86. The number of nitrogens with zero attached hydrogens (tertiary/aromatic N) is 1. The average molecular weight is 331 g/mol. The number of sulfonamides is 1. The number of hydrogen-bond acceptors (Lipinski definition) is 3. The van der Waals surface area contributed by atoms with Crippen molar-refractivity contribution in [2.75, 3.05) is 13.6 Å². The number of halogens is 1. The van der Waals surface area contributed by atoms with Crippen LogP contribution in [-0.2, 0) is 16.6 Å². The molecule has 1 aliphatic rings. The largest absolute Gasteiger partial charge is 0.316 e. The molecule has 1 saturated carbocycles. The van der Waals surface area contributed by atoms with Gasteiger partial charge in [-0.25, -0.2) is 8.42 Å². The fourth-order valence-corrected chi connectivity index (χ4v) is 4.94. The average Bonchev–Trinajstić information content (AvgIpc) is 3.24. The molecule has 0 heterocycles. The molecule has 0 amide bonds. The van der Waals surface area contributed by atoms with Crippen molar-refractivity contribution in [1.82, 2.24) is 9.62 Å².